The minimum atomic E-state index is 0.390. The number of unbranched alkanes of at least 4 members (excludes halogenated alkanes) is 1. The summed E-state index contributed by atoms with van der Waals surface area (Å²) in [6.07, 6.45) is 3.99. The molecule has 0 radical (unpaired) electrons. The molecule has 0 aliphatic carbocycles. The van der Waals surface area contributed by atoms with Crippen LogP contribution < -0.4 is 19.3 Å². The van der Waals surface area contributed by atoms with Crippen LogP contribution in [0.4, 0.5) is 11.4 Å². The first-order valence-electron chi connectivity index (χ1n) is 9.08. The molecular weight excluding hydrogens is 312 g/mol. The first kappa shape index (κ1) is 17.5. The van der Waals surface area contributed by atoms with Gasteiger partial charge in [-0.1, -0.05) is 13.3 Å². The molecule has 0 aromatic heterocycles. The lowest BCUT2D eigenvalue weighted by Crippen LogP contribution is -2.39. The third-order valence-corrected chi connectivity index (χ3v) is 4.93. The summed E-state index contributed by atoms with van der Waals surface area (Å²) < 4.78 is 10.6. The van der Waals surface area contributed by atoms with Gasteiger partial charge in [0.1, 0.15) is 17.7 Å². The molecule has 0 atom stereocenters. The van der Waals surface area contributed by atoms with E-state index in [1.807, 2.05) is 24.3 Å². The molecule has 2 aromatic rings. The second kappa shape index (κ2) is 8.15. The Balaban J connectivity index is 1.83. The summed E-state index contributed by atoms with van der Waals surface area (Å²) in [5.74, 6) is 1.81. The summed E-state index contributed by atoms with van der Waals surface area (Å²) in [5, 5.41) is 0. The third-order valence-electron chi connectivity index (χ3n) is 4.93. The van der Waals surface area contributed by atoms with E-state index in [1.54, 1.807) is 14.2 Å². The van der Waals surface area contributed by atoms with Crippen molar-refractivity contribution in [1.29, 1.82) is 0 Å². The van der Waals surface area contributed by atoms with Crippen molar-refractivity contribution in [1.82, 2.24) is 0 Å². The molecule has 4 nitrogen and oxygen atoms in total. The quantitative estimate of drug-likeness (QED) is 0.738. The largest absolute Gasteiger partial charge is 0.497 e. The lowest BCUT2D eigenvalue weighted by molar-refractivity contribution is 0.414. The summed E-state index contributed by atoms with van der Waals surface area (Å²) in [7, 11) is 3.42. The fourth-order valence-electron chi connectivity index (χ4n) is 3.53. The Morgan fingerprint density at radius 3 is 1.60 bits per heavy atom. The number of hydrogen-bond donors (Lipinski definition) is 0. The van der Waals surface area contributed by atoms with Crippen molar-refractivity contribution < 1.29 is 9.47 Å². The van der Waals surface area contributed by atoms with E-state index in [9.17, 15) is 0 Å². The zero-order chi connectivity index (χ0) is 17.6. The van der Waals surface area contributed by atoms with Gasteiger partial charge in [0.2, 0.25) is 0 Å². The van der Waals surface area contributed by atoms with Crippen molar-refractivity contribution in [3.8, 4) is 11.5 Å². The van der Waals surface area contributed by atoms with Gasteiger partial charge < -0.3 is 19.3 Å². The van der Waals surface area contributed by atoms with Gasteiger partial charge in [-0.05, 0) is 61.4 Å². The minimum absolute atomic E-state index is 0.390. The zero-order valence-corrected chi connectivity index (χ0v) is 15.4. The maximum Gasteiger partial charge on any atom is 0.119 e. The number of ether oxygens (including phenoxy) is 2. The first-order valence-corrected chi connectivity index (χ1v) is 9.08. The number of methoxy groups -OCH3 is 2. The summed E-state index contributed by atoms with van der Waals surface area (Å²) in [6, 6.07) is 16.8. The van der Waals surface area contributed by atoms with E-state index in [4.69, 9.17) is 9.47 Å². The molecule has 25 heavy (non-hydrogen) atoms. The molecule has 1 heterocycles. The standard InChI is InChI=1S/C21H28N2O2/c1-4-5-6-21-22(17-7-11-19(24-2)12-8-17)15-16-23(21)18-9-13-20(25-3)14-10-18/h7-14,21H,4-6,15-16H2,1-3H3. The van der Waals surface area contributed by atoms with Crippen LogP contribution in [0, 0.1) is 0 Å². The Labute approximate surface area is 151 Å². The van der Waals surface area contributed by atoms with E-state index < -0.39 is 0 Å². The molecule has 1 saturated heterocycles. The average Bonchev–Trinajstić information content (AvgIpc) is 3.10. The topological polar surface area (TPSA) is 24.9 Å². The van der Waals surface area contributed by atoms with Crippen LogP contribution in [0.15, 0.2) is 48.5 Å². The lowest BCUT2D eigenvalue weighted by atomic mass is 10.1. The van der Waals surface area contributed by atoms with Crippen molar-refractivity contribution in [2.24, 2.45) is 0 Å². The Kier molecular flexibility index (Phi) is 5.69. The van der Waals surface area contributed by atoms with Crippen molar-refractivity contribution in [3.05, 3.63) is 48.5 Å². The highest BCUT2D eigenvalue weighted by Gasteiger charge is 2.31. The molecule has 2 aromatic carbocycles. The fraction of sp³-hybridized carbons (Fsp3) is 0.429. The number of hydrogen-bond acceptors (Lipinski definition) is 4. The second-order valence-corrected chi connectivity index (χ2v) is 6.41. The van der Waals surface area contributed by atoms with E-state index in [-0.39, 0.29) is 0 Å². The Bertz CT molecular complexity index is 599. The lowest BCUT2D eigenvalue weighted by Gasteiger charge is -2.33. The molecular formula is C21H28N2O2. The zero-order valence-electron chi connectivity index (χ0n) is 15.4. The Morgan fingerprint density at radius 2 is 1.24 bits per heavy atom. The molecule has 3 rings (SSSR count). The van der Waals surface area contributed by atoms with Gasteiger partial charge in [0.25, 0.3) is 0 Å². The molecule has 1 aliphatic rings. The van der Waals surface area contributed by atoms with Crippen LogP contribution in [0.1, 0.15) is 26.2 Å². The van der Waals surface area contributed by atoms with Gasteiger partial charge in [-0.15, -0.1) is 0 Å². The summed E-state index contributed by atoms with van der Waals surface area (Å²) in [5.41, 5.74) is 2.52. The molecule has 0 saturated carbocycles. The third kappa shape index (κ3) is 3.84. The summed E-state index contributed by atoms with van der Waals surface area (Å²) in [6.45, 7) is 4.32. The molecule has 0 bridgehead atoms. The van der Waals surface area contributed by atoms with E-state index in [0.29, 0.717) is 6.17 Å². The van der Waals surface area contributed by atoms with Gasteiger partial charge in [0, 0.05) is 24.5 Å². The molecule has 134 valence electrons. The number of anilines is 2. The van der Waals surface area contributed by atoms with Gasteiger partial charge in [-0.25, -0.2) is 0 Å². The van der Waals surface area contributed by atoms with E-state index >= 15 is 0 Å². The van der Waals surface area contributed by atoms with Crippen LogP contribution in [0.5, 0.6) is 11.5 Å². The summed E-state index contributed by atoms with van der Waals surface area (Å²) in [4.78, 5) is 5.03. The van der Waals surface area contributed by atoms with Gasteiger partial charge in [-0.2, -0.15) is 0 Å². The van der Waals surface area contributed by atoms with E-state index in [2.05, 4.69) is 41.0 Å². The van der Waals surface area contributed by atoms with Crippen LogP contribution in [0.2, 0.25) is 0 Å². The van der Waals surface area contributed by atoms with Crippen LogP contribution in [0.25, 0.3) is 0 Å². The summed E-state index contributed by atoms with van der Waals surface area (Å²) >= 11 is 0. The second-order valence-electron chi connectivity index (χ2n) is 6.41. The van der Waals surface area contributed by atoms with Gasteiger partial charge in [0.15, 0.2) is 0 Å². The minimum Gasteiger partial charge on any atom is -0.497 e. The number of benzene rings is 2. The van der Waals surface area contributed by atoms with Crippen molar-refractivity contribution in [2.75, 3.05) is 37.1 Å². The predicted molar refractivity (Wildman–Crippen MR) is 104 cm³/mol. The van der Waals surface area contributed by atoms with Crippen LogP contribution >= 0.6 is 0 Å². The predicted octanol–water partition coefficient (Wildman–Crippen LogP) is 4.55. The molecule has 0 N–H and O–H groups in total. The van der Waals surface area contributed by atoms with Crippen molar-refractivity contribution in [3.63, 3.8) is 0 Å². The molecule has 0 unspecified atom stereocenters. The Morgan fingerprint density at radius 1 is 0.800 bits per heavy atom. The molecule has 4 heteroatoms. The van der Waals surface area contributed by atoms with Gasteiger partial charge >= 0.3 is 0 Å². The van der Waals surface area contributed by atoms with Crippen LogP contribution in [-0.2, 0) is 0 Å². The molecule has 0 amide bonds. The fourth-order valence-corrected chi connectivity index (χ4v) is 3.53. The first-order chi connectivity index (χ1) is 12.3. The maximum atomic E-state index is 5.30. The number of rotatable bonds is 7. The normalized spacial score (nSPS) is 14.8. The molecule has 0 spiro atoms. The van der Waals surface area contributed by atoms with Crippen LogP contribution in [0.3, 0.4) is 0 Å². The monoisotopic (exact) mass is 340 g/mol. The molecule has 1 aliphatic heterocycles. The SMILES string of the molecule is CCCCC1N(c2ccc(OC)cc2)CCN1c1ccc(OC)cc1. The highest BCUT2D eigenvalue weighted by atomic mass is 16.5. The van der Waals surface area contributed by atoms with Crippen LogP contribution in [-0.4, -0.2) is 33.5 Å². The highest BCUT2D eigenvalue weighted by Crippen LogP contribution is 2.32. The molecule has 1 fully saturated rings. The van der Waals surface area contributed by atoms with Crippen molar-refractivity contribution >= 4 is 11.4 Å². The smallest absolute Gasteiger partial charge is 0.119 e. The maximum absolute atomic E-state index is 5.30. The number of nitrogens with zero attached hydrogens (tertiary/aromatic N) is 2. The van der Waals surface area contributed by atoms with Gasteiger partial charge in [-0.3, -0.25) is 0 Å². The van der Waals surface area contributed by atoms with Gasteiger partial charge in [0.05, 0.1) is 14.2 Å². The van der Waals surface area contributed by atoms with E-state index in [1.165, 1.54) is 24.2 Å². The Hall–Kier alpha value is -2.36. The average molecular weight is 340 g/mol. The van der Waals surface area contributed by atoms with E-state index in [0.717, 1.165) is 31.0 Å². The highest BCUT2D eigenvalue weighted by molar-refractivity contribution is 5.58. The van der Waals surface area contributed by atoms with Crippen molar-refractivity contribution in [2.45, 2.75) is 32.4 Å².